The molecule has 0 aliphatic rings. The van der Waals surface area contributed by atoms with Gasteiger partial charge in [-0.1, -0.05) is 29.8 Å². The molecule has 2 aromatic rings. The number of carbonyl (C=O) groups is 1. The van der Waals surface area contributed by atoms with E-state index in [0.29, 0.717) is 18.7 Å². The standard InChI is InChI=1S/C18H21NO3/c1-13-6-8-17(9-7-13)22-14(2)11-19-12-15-4-3-5-16(10-15)18(20)21/h3-10,14,19H,11-12H2,1-2H3,(H,20,21). The monoisotopic (exact) mass is 299 g/mol. The molecule has 0 aliphatic heterocycles. The summed E-state index contributed by atoms with van der Waals surface area (Å²) in [5.41, 5.74) is 2.46. The fraction of sp³-hybridized carbons (Fsp3) is 0.278. The van der Waals surface area contributed by atoms with Gasteiger partial charge in [-0.2, -0.15) is 0 Å². The largest absolute Gasteiger partial charge is 0.489 e. The smallest absolute Gasteiger partial charge is 0.335 e. The molecule has 2 N–H and O–H groups in total. The van der Waals surface area contributed by atoms with E-state index in [-0.39, 0.29) is 6.10 Å². The van der Waals surface area contributed by atoms with Gasteiger partial charge in [-0.3, -0.25) is 0 Å². The molecule has 0 radical (unpaired) electrons. The minimum Gasteiger partial charge on any atom is -0.489 e. The van der Waals surface area contributed by atoms with Gasteiger partial charge in [-0.25, -0.2) is 4.79 Å². The Morgan fingerprint density at radius 3 is 2.64 bits per heavy atom. The number of aryl methyl sites for hydroxylation is 1. The van der Waals surface area contributed by atoms with E-state index in [1.165, 1.54) is 5.56 Å². The molecule has 0 amide bonds. The average molecular weight is 299 g/mol. The van der Waals surface area contributed by atoms with E-state index in [1.807, 2.05) is 44.2 Å². The first kappa shape index (κ1) is 16.0. The highest BCUT2D eigenvalue weighted by molar-refractivity contribution is 5.87. The molecule has 2 aromatic carbocycles. The number of hydrogen-bond donors (Lipinski definition) is 2. The van der Waals surface area contributed by atoms with Crippen LogP contribution in [0.2, 0.25) is 0 Å². The van der Waals surface area contributed by atoms with Gasteiger partial charge in [0.1, 0.15) is 11.9 Å². The first-order valence-corrected chi connectivity index (χ1v) is 7.31. The van der Waals surface area contributed by atoms with Crippen LogP contribution in [0.3, 0.4) is 0 Å². The quantitative estimate of drug-likeness (QED) is 0.824. The highest BCUT2D eigenvalue weighted by Gasteiger charge is 2.05. The van der Waals surface area contributed by atoms with Crippen LogP contribution in [-0.2, 0) is 6.54 Å². The summed E-state index contributed by atoms with van der Waals surface area (Å²) in [6, 6.07) is 14.9. The Morgan fingerprint density at radius 2 is 1.95 bits per heavy atom. The molecule has 116 valence electrons. The van der Waals surface area contributed by atoms with Crippen molar-refractivity contribution in [2.45, 2.75) is 26.5 Å². The van der Waals surface area contributed by atoms with Gasteiger partial charge in [-0.15, -0.1) is 0 Å². The zero-order valence-electron chi connectivity index (χ0n) is 12.9. The van der Waals surface area contributed by atoms with Gasteiger partial charge >= 0.3 is 5.97 Å². The molecule has 2 rings (SSSR count). The maximum Gasteiger partial charge on any atom is 0.335 e. The lowest BCUT2D eigenvalue weighted by Gasteiger charge is -2.15. The highest BCUT2D eigenvalue weighted by Crippen LogP contribution is 2.13. The van der Waals surface area contributed by atoms with E-state index in [2.05, 4.69) is 5.32 Å². The van der Waals surface area contributed by atoms with Crippen LogP contribution in [0.5, 0.6) is 5.75 Å². The number of ether oxygens (including phenoxy) is 1. The first-order chi connectivity index (χ1) is 10.5. The van der Waals surface area contributed by atoms with Gasteiger partial charge in [0.15, 0.2) is 0 Å². The number of nitrogens with one attached hydrogen (secondary N) is 1. The fourth-order valence-corrected chi connectivity index (χ4v) is 2.12. The molecule has 1 unspecified atom stereocenters. The van der Waals surface area contributed by atoms with E-state index in [1.54, 1.807) is 18.2 Å². The van der Waals surface area contributed by atoms with Crippen LogP contribution >= 0.6 is 0 Å². The maximum atomic E-state index is 10.9. The molecule has 22 heavy (non-hydrogen) atoms. The van der Waals surface area contributed by atoms with Crippen LogP contribution in [-0.4, -0.2) is 23.7 Å². The minimum absolute atomic E-state index is 0.0327. The lowest BCUT2D eigenvalue weighted by Crippen LogP contribution is -2.28. The average Bonchev–Trinajstić information content (AvgIpc) is 2.50. The summed E-state index contributed by atoms with van der Waals surface area (Å²) in [5, 5.41) is 12.2. The van der Waals surface area contributed by atoms with E-state index >= 15 is 0 Å². The van der Waals surface area contributed by atoms with Crippen LogP contribution in [0.1, 0.15) is 28.4 Å². The molecule has 4 heteroatoms. The van der Waals surface area contributed by atoms with Crippen molar-refractivity contribution in [2.75, 3.05) is 6.54 Å². The topological polar surface area (TPSA) is 58.6 Å². The molecule has 0 spiro atoms. The first-order valence-electron chi connectivity index (χ1n) is 7.31. The molecule has 4 nitrogen and oxygen atoms in total. The van der Waals surface area contributed by atoms with Gasteiger partial charge < -0.3 is 15.2 Å². The molecule has 0 saturated carbocycles. The van der Waals surface area contributed by atoms with Crippen LogP contribution in [0.15, 0.2) is 48.5 Å². The lowest BCUT2D eigenvalue weighted by atomic mass is 10.1. The lowest BCUT2D eigenvalue weighted by molar-refractivity contribution is 0.0696. The molecule has 0 heterocycles. The summed E-state index contributed by atoms with van der Waals surface area (Å²) in [6.07, 6.45) is 0.0327. The second-order valence-corrected chi connectivity index (χ2v) is 5.38. The number of carboxylic acids is 1. The molecule has 0 aliphatic carbocycles. The Labute approximate surface area is 130 Å². The van der Waals surface area contributed by atoms with Crippen molar-refractivity contribution in [1.82, 2.24) is 5.32 Å². The van der Waals surface area contributed by atoms with Crippen LogP contribution in [0, 0.1) is 6.92 Å². The summed E-state index contributed by atoms with van der Waals surface area (Å²) in [6.45, 7) is 5.34. The summed E-state index contributed by atoms with van der Waals surface area (Å²) in [5.74, 6) is -0.0503. The Kier molecular flexibility index (Phi) is 5.55. The molecule has 0 fully saturated rings. The van der Waals surface area contributed by atoms with Gasteiger partial charge in [-0.05, 0) is 43.7 Å². The van der Waals surface area contributed by atoms with Crippen molar-refractivity contribution >= 4 is 5.97 Å². The zero-order chi connectivity index (χ0) is 15.9. The Bertz CT molecular complexity index is 622. The minimum atomic E-state index is -0.905. The van der Waals surface area contributed by atoms with Crippen molar-refractivity contribution in [1.29, 1.82) is 0 Å². The van der Waals surface area contributed by atoms with Crippen molar-refractivity contribution in [3.05, 3.63) is 65.2 Å². The predicted octanol–water partition coefficient (Wildman–Crippen LogP) is 3.25. The number of carboxylic acid groups (broad SMARTS) is 1. The molecular weight excluding hydrogens is 278 g/mol. The third kappa shape index (κ3) is 4.90. The van der Waals surface area contributed by atoms with Gasteiger partial charge in [0.2, 0.25) is 0 Å². The fourth-order valence-electron chi connectivity index (χ4n) is 2.12. The van der Waals surface area contributed by atoms with E-state index in [9.17, 15) is 4.79 Å². The zero-order valence-corrected chi connectivity index (χ0v) is 12.9. The third-order valence-electron chi connectivity index (χ3n) is 3.29. The molecule has 1 atom stereocenters. The van der Waals surface area contributed by atoms with Crippen LogP contribution in [0.4, 0.5) is 0 Å². The van der Waals surface area contributed by atoms with Gasteiger partial charge in [0, 0.05) is 13.1 Å². The second kappa shape index (κ2) is 7.61. The Morgan fingerprint density at radius 1 is 1.23 bits per heavy atom. The highest BCUT2D eigenvalue weighted by atomic mass is 16.5. The Balaban J connectivity index is 1.79. The van der Waals surface area contributed by atoms with Crippen molar-refractivity contribution < 1.29 is 14.6 Å². The molecule has 0 aromatic heterocycles. The summed E-state index contributed by atoms with van der Waals surface area (Å²) >= 11 is 0. The van der Waals surface area contributed by atoms with Crippen LogP contribution < -0.4 is 10.1 Å². The molecular formula is C18H21NO3. The number of rotatable bonds is 7. The normalized spacial score (nSPS) is 11.9. The molecule has 0 bridgehead atoms. The van der Waals surface area contributed by atoms with Crippen molar-refractivity contribution in [2.24, 2.45) is 0 Å². The van der Waals surface area contributed by atoms with E-state index in [4.69, 9.17) is 9.84 Å². The SMILES string of the molecule is Cc1ccc(OC(C)CNCc2cccc(C(=O)O)c2)cc1. The predicted molar refractivity (Wildman–Crippen MR) is 86.4 cm³/mol. The van der Waals surface area contributed by atoms with Gasteiger partial charge in [0.05, 0.1) is 5.56 Å². The number of benzene rings is 2. The number of hydrogen-bond acceptors (Lipinski definition) is 3. The summed E-state index contributed by atoms with van der Waals surface area (Å²) in [4.78, 5) is 10.9. The van der Waals surface area contributed by atoms with E-state index < -0.39 is 5.97 Å². The van der Waals surface area contributed by atoms with E-state index in [0.717, 1.165) is 11.3 Å². The molecule has 0 saturated heterocycles. The third-order valence-corrected chi connectivity index (χ3v) is 3.29. The maximum absolute atomic E-state index is 10.9. The number of aromatic carboxylic acids is 1. The van der Waals surface area contributed by atoms with Crippen molar-refractivity contribution in [3.8, 4) is 5.75 Å². The Hall–Kier alpha value is -2.33. The summed E-state index contributed by atoms with van der Waals surface area (Å²) in [7, 11) is 0. The van der Waals surface area contributed by atoms with Crippen LogP contribution in [0.25, 0.3) is 0 Å². The van der Waals surface area contributed by atoms with Gasteiger partial charge in [0.25, 0.3) is 0 Å². The second-order valence-electron chi connectivity index (χ2n) is 5.38. The summed E-state index contributed by atoms with van der Waals surface area (Å²) < 4.78 is 5.81. The van der Waals surface area contributed by atoms with Crippen molar-refractivity contribution in [3.63, 3.8) is 0 Å².